The van der Waals surface area contributed by atoms with Crippen LogP contribution in [-0.4, -0.2) is 16.4 Å². The lowest BCUT2D eigenvalue weighted by Gasteiger charge is -2.07. The fourth-order valence-electron chi connectivity index (χ4n) is 2.33. The third kappa shape index (κ3) is 3.23. The molecular formula is C17H19N3O. The van der Waals surface area contributed by atoms with Gasteiger partial charge >= 0.3 is 0 Å². The average Bonchev–Trinajstić information content (AvgIpc) is 2.95. The molecule has 0 saturated carbocycles. The fourth-order valence-corrected chi connectivity index (χ4v) is 2.33. The third-order valence-electron chi connectivity index (χ3n) is 3.49. The highest BCUT2D eigenvalue weighted by Gasteiger charge is 2.01. The van der Waals surface area contributed by atoms with Gasteiger partial charge in [0.15, 0.2) is 0 Å². The molecule has 0 fully saturated rings. The number of rotatable bonds is 6. The van der Waals surface area contributed by atoms with E-state index in [1.807, 2.05) is 47.3 Å². The Bertz CT molecular complexity index is 703. The van der Waals surface area contributed by atoms with Gasteiger partial charge < -0.3 is 10.5 Å². The monoisotopic (exact) mass is 281 g/mol. The Morgan fingerprint density at radius 1 is 1.05 bits per heavy atom. The number of aromatic nitrogens is 2. The molecule has 0 spiro atoms. The van der Waals surface area contributed by atoms with Crippen molar-refractivity contribution in [3.63, 3.8) is 0 Å². The summed E-state index contributed by atoms with van der Waals surface area (Å²) < 4.78 is 7.76. The second-order valence-electron chi connectivity index (χ2n) is 4.98. The maximum absolute atomic E-state index is 5.73. The van der Waals surface area contributed by atoms with Crippen LogP contribution in [0.4, 0.5) is 0 Å². The van der Waals surface area contributed by atoms with Gasteiger partial charge in [-0.1, -0.05) is 30.3 Å². The van der Waals surface area contributed by atoms with Crippen LogP contribution in [0.3, 0.4) is 0 Å². The van der Waals surface area contributed by atoms with Crippen LogP contribution in [0.5, 0.6) is 5.75 Å². The molecule has 0 saturated heterocycles. The minimum absolute atomic E-state index is 0.562. The van der Waals surface area contributed by atoms with Gasteiger partial charge in [0.05, 0.1) is 18.3 Å². The maximum Gasteiger partial charge on any atom is 0.119 e. The van der Waals surface area contributed by atoms with Gasteiger partial charge in [-0.25, -0.2) is 0 Å². The van der Waals surface area contributed by atoms with Crippen molar-refractivity contribution in [1.29, 1.82) is 0 Å². The Morgan fingerprint density at radius 3 is 2.67 bits per heavy atom. The summed E-state index contributed by atoms with van der Waals surface area (Å²) >= 11 is 0. The van der Waals surface area contributed by atoms with Crippen LogP contribution < -0.4 is 10.5 Å². The highest BCUT2D eigenvalue weighted by Crippen LogP contribution is 2.14. The SMILES string of the molecule is NCc1ccc(OCCCn2ncc3ccccc32)cc1. The van der Waals surface area contributed by atoms with Gasteiger partial charge in [-0.2, -0.15) is 5.10 Å². The van der Waals surface area contributed by atoms with E-state index in [1.165, 1.54) is 10.9 Å². The molecule has 0 bridgehead atoms. The first-order valence-electron chi connectivity index (χ1n) is 7.19. The number of fused-ring (bicyclic) bond motifs is 1. The van der Waals surface area contributed by atoms with Gasteiger partial charge in [0, 0.05) is 24.9 Å². The van der Waals surface area contributed by atoms with Crippen LogP contribution in [0.25, 0.3) is 10.9 Å². The van der Waals surface area contributed by atoms with Crippen LogP contribution in [0.2, 0.25) is 0 Å². The number of para-hydroxylation sites is 1. The average molecular weight is 281 g/mol. The quantitative estimate of drug-likeness (QED) is 0.707. The molecule has 0 unspecified atom stereocenters. The zero-order chi connectivity index (χ0) is 14.5. The molecule has 4 heteroatoms. The van der Waals surface area contributed by atoms with E-state index in [0.29, 0.717) is 13.2 Å². The molecule has 0 aliphatic rings. The van der Waals surface area contributed by atoms with E-state index in [-0.39, 0.29) is 0 Å². The molecule has 0 amide bonds. The van der Waals surface area contributed by atoms with E-state index in [1.54, 1.807) is 0 Å². The number of hydrogen-bond donors (Lipinski definition) is 1. The van der Waals surface area contributed by atoms with Crippen LogP contribution in [0, 0.1) is 0 Å². The largest absolute Gasteiger partial charge is 0.494 e. The normalized spacial score (nSPS) is 10.9. The summed E-state index contributed by atoms with van der Waals surface area (Å²) in [7, 11) is 0. The Labute approximate surface area is 124 Å². The third-order valence-corrected chi connectivity index (χ3v) is 3.49. The maximum atomic E-state index is 5.73. The van der Waals surface area contributed by atoms with Gasteiger partial charge in [-0.05, 0) is 23.8 Å². The van der Waals surface area contributed by atoms with Crippen molar-refractivity contribution >= 4 is 10.9 Å². The molecule has 0 aliphatic heterocycles. The summed E-state index contributed by atoms with van der Waals surface area (Å²) in [5.74, 6) is 0.887. The second-order valence-corrected chi connectivity index (χ2v) is 4.98. The summed E-state index contributed by atoms with van der Waals surface area (Å²) in [6.45, 7) is 2.09. The number of aryl methyl sites for hydroxylation is 1. The van der Waals surface area contributed by atoms with Gasteiger partial charge in [-0.3, -0.25) is 4.68 Å². The second kappa shape index (κ2) is 6.41. The van der Waals surface area contributed by atoms with E-state index in [2.05, 4.69) is 17.2 Å². The molecule has 0 atom stereocenters. The molecule has 2 aromatic carbocycles. The van der Waals surface area contributed by atoms with Crippen molar-refractivity contribution in [3.05, 3.63) is 60.3 Å². The number of nitrogens with zero attached hydrogens (tertiary/aromatic N) is 2. The molecule has 0 aliphatic carbocycles. The smallest absolute Gasteiger partial charge is 0.119 e. The summed E-state index contributed by atoms with van der Waals surface area (Å²) in [4.78, 5) is 0. The van der Waals surface area contributed by atoms with E-state index in [0.717, 1.165) is 24.3 Å². The first-order chi connectivity index (χ1) is 10.4. The number of nitrogens with two attached hydrogens (primary N) is 1. The summed E-state index contributed by atoms with van der Waals surface area (Å²) in [6.07, 6.45) is 2.83. The van der Waals surface area contributed by atoms with Gasteiger partial charge in [0.1, 0.15) is 5.75 Å². The Hall–Kier alpha value is -2.33. The molecule has 108 valence electrons. The van der Waals surface area contributed by atoms with Gasteiger partial charge in [0.25, 0.3) is 0 Å². The summed E-state index contributed by atoms with van der Waals surface area (Å²) in [5.41, 5.74) is 7.86. The predicted octanol–water partition coefficient (Wildman–Crippen LogP) is 2.96. The van der Waals surface area contributed by atoms with Gasteiger partial charge in [-0.15, -0.1) is 0 Å². The molecule has 21 heavy (non-hydrogen) atoms. The minimum Gasteiger partial charge on any atom is -0.494 e. The summed E-state index contributed by atoms with van der Waals surface area (Å²) in [5, 5.41) is 5.59. The molecule has 1 heterocycles. The highest BCUT2D eigenvalue weighted by molar-refractivity contribution is 5.78. The van der Waals surface area contributed by atoms with Crippen molar-refractivity contribution in [2.45, 2.75) is 19.5 Å². The molecule has 2 N–H and O–H groups in total. The van der Waals surface area contributed by atoms with Crippen LogP contribution in [0.15, 0.2) is 54.7 Å². The van der Waals surface area contributed by atoms with Crippen molar-refractivity contribution in [2.75, 3.05) is 6.61 Å². The van der Waals surface area contributed by atoms with Crippen molar-refractivity contribution in [3.8, 4) is 5.75 Å². The minimum atomic E-state index is 0.562. The lowest BCUT2D eigenvalue weighted by Crippen LogP contribution is -2.05. The molecule has 4 nitrogen and oxygen atoms in total. The van der Waals surface area contributed by atoms with Crippen molar-refractivity contribution < 1.29 is 4.74 Å². The van der Waals surface area contributed by atoms with Gasteiger partial charge in [0.2, 0.25) is 0 Å². The number of hydrogen-bond acceptors (Lipinski definition) is 3. The number of benzene rings is 2. The molecule has 3 rings (SSSR count). The first kappa shape index (κ1) is 13.6. The Kier molecular flexibility index (Phi) is 4.17. The predicted molar refractivity (Wildman–Crippen MR) is 84.2 cm³/mol. The highest BCUT2D eigenvalue weighted by atomic mass is 16.5. The lowest BCUT2D eigenvalue weighted by molar-refractivity contribution is 0.299. The number of ether oxygens (including phenoxy) is 1. The fraction of sp³-hybridized carbons (Fsp3) is 0.235. The van der Waals surface area contributed by atoms with Crippen molar-refractivity contribution in [2.24, 2.45) is 5.73 Å². The van der Waals surface area contributed by atoms with Crippen LogP contribution in [0.1, 0.15) is 12.0 Å². The lowest BCUT2D eigenvalue weighted by atomic mass is 10.2. The zero-order valence-electron chi connectivity index (χ0n) is 11.9. The summed E-state index contributed by atoms with van der Waals surface area (Å²) in [6, 6.07) is 16.2. The van der Waals surface area contributed by atoms with E-state index in [9.17, 15) is 0 Å². The van der Waals surface area contributed by atoms with E-state index >= 15 is 0 Å². The first-order valence-corrected chi connectivity index (χ1v) is 7.19. The van der Waals surface area contributed by atoms with Crippen LogP contribution >= 0.6 is 0 Å². The molecule has 3 aromatic rings. The Morgan fingerprint density at radius 2 is 1.86 bits per heavy atom. The standard InChI is InChI=1S/C17H19N3O/c18-12-14-6-8-16(9-7-14)21-11-3-10-20-17-5-2-1-4-15(17)13-19-20/h1-2,4-9,13H,3,10-12,18H2. The Balaban J connectivity index is 1.51. The van der Waals surface area contributed by atoms with E-state index < -0.39 is 0 Å². The molecule has 1 aromatic heterocycles. The van der Waals surface area contributed by atoms with Crippen molar-refractivity contribution in [1.82, 2.24) is 9.78 Å². The molecular weight excluding hydrogens is 262 g/mol. The zero-order valence-corrected chi connectivity index (χ0v) is 11.9. The van der Waals surface area contributed by atoms with Crippen LogP contribution in [-0.2, 0) is 13.1 Å². The molecule has 0 radical (unpaired) electrons. The van der Waals surface area contributed by atoms with E-state index in [4.69, 9.17) is 10.5 Å². The topological polar surface area (TPSA) is 53.1 Å².